The number of aliphatic imine (C=N–C) groups is 1. The SMILES string of the molecule is CC.CCN1C(=O)C(CCNc2cccc(C(=O)NCCCN3CCCC3)c2)SC1CC(C#N)C1=NCCO1.[HH].[HH]. The average molecular weight is 561 g/mol. The van der Waals surface area contributed by atoms with Gasteiger partial charge in [-0.25, -0.2) is 0 Å². The maximum atomic E-state index is 13.0. The molecular weight excluding hydrogens is 512 g/mol. The minimum Gasteiger partial charge on any atom is -0.478 e. The number of benzene rings is 1. The summed E-state index contributed by atoms with van der Waals surface area (Å²) in [6, 6.07) is 9.80. The second-order valence-corrected chi connectivity index (χ2v) is 11.0. The molecule has 39 heavy (non-hydrogen) atoms. The number of likely N-dealkylation sites (tertiary alicyclic amines) is 1. The molecule has 4 rings (SSSR count). The summed E-state index contributed by atoms with van der Waals surface area (Å²) in [5, 5.41) is 15.8. The van der Waals surface area contributed by atoms with Crippen LogP contribution >= 0.6 is 11.8 Å². The van der Waals surface area contributed by atoms with E-state index in [9.17, 15) is 14.9 Å². The Bertz CT molecular complexity index is 1020. The van der Waals surface area contributed by atoms with Gasteiger partial charge < -0.3 is 25.2 Å². The van der Waals surface area contributed by atoms with Crippen molar-refractivity contribution in [2.75, 3.05) is 57.7 Å². The average Bonchev–Trinajstić information content (AvgIpc) is 3.74. The lowest BCUT2D eigenvalue weighted by Gasteiger charge is -2.23. The number of carbonyl (C=O) groups excluding carboxylic acids is 2. The van der Waals surface area contributed by atoms with Crippen molar-refractivity contribution >= 4 is 35.2 Å². The lowest BCUT2D eigenvalue weighted by molar-refractivity contribution is -0.129. The number of hydrogen-bond donors (Lipinski definition) is 2. The number of nitrogens with one attached hydrogen (secondary N) is 2. The molecule has 0 aromatic heterocycles. The van der Waals surface area contributed by atoms with Crippen molar-refractivity contribution in [3.05, 3.63) is 29.8 Å². The highest BCUT2D eigenvalue weighted by molar-refractivity contribution is 8.01. The van der Waals surface area contributed by atoms with Crippen molar-refractivity contribution in [2.24, 2.45) is 10.9 Å². The summed E-state index contributed by atoms with van der Waals surface area (Å²) in [5.74, 6) is 0.142. The van der Waals surface area contributed by atoms with Crippen LogP contribution in [0.1, 0.15) is 66.1 Å². The lowest BCUT2D eigenvalue weighted by atomic mass is 10.1. The highest BCUT2D eigenvalue weighted by Gasteiger charge is 2.41. The Morgan fingerprint density at radius 2 is 2.10 bits per heavy atom. The summed E-state index contributed by atoms with van der Waals surface area (Å²) in [7, 11) is 0. The van der Waals surface area contributed by atoms with Crippen LogP contribution in [0.5, 0.6) is 0 Å². The summed E-state index contributed by atoms with van der Waals surface area (Å²) in [6.07, 6.45) is 4.72. The fraction of sp³-hybridized carbons (Fsp3) is 0.655. The van der Waals surface area contributed by atoms with Crippen molar-refractivity contribution in [3.8, 4) is 6.07 Å². The molecule has 2 fully saturated rings. The number of hydrogen-bond acceptors (Lipinski definition) is 8. The van der Waals surface area contributed by atoms with Gasteiger partial charge >= 0.3 is 0 Å². The van der Waals surface area contributed by atoms with Crippen LogP contribution in [0.25, 0.3) is 0 Å². The van der Waals surface area contributed by atoms with Crippen molar-refractivity contribution in [3.63, 3.8) is 0 Å². The molecule has 2 amide bonds. The number of amides is 2. The first-order chi connectivity index (χ1) is 19.1. The zero-order valence-electron chi connectivity index (χ0n) is 23.7. The van der Waals surface area contributed by atoms with Gasteiger partial charge in [0, 0.05) is 40.2 Å². The third-order valence-electron chi connectivity index (χ3n) is 7.06. The molecule has 0 radical (unpaired) electrons. The Morgan fingerprint density at radius 3 is 2.79 bits per heavy atom. The van der Waals surface area contributed by atoms with Gasteiger partial charge in [0.25, 0.3) is 5.91 Å². The van der Waals surface area contributed by atoms with Crippen LogP contribution in [0.4, 0.5) is 5.69 Å². The summed E-state index contributed by atoms with van der Waals surface area (Å²) < 4.78 is 5.50. The van der Waals surface area contributed by atoms with Gasteiger partial charge in [0.15, 0.2) is 0 Å². The second kappa shape index (κ2) is 16.4. The van der Waals surface area contributed by atoms with Crippen LogP contribution in [0, 0.1) is 17.2 Å². The van der Waals surface area contributed by atoms with Gasteiger partial charge in [-0.1, -0.05) is 19.9 Å². The molecule has 10 heteroatoms. The monoisotopic (exact) mass is 560 g/mol. The number of carbonyl (C=O) groups is 2. The molecule has 1 aromatic carbocycles. The van der Waals surface area contributed by atoms with Gasteiger partial charge in [0.05, 0.1) is 23.2 Å². The van der Waals surface area contributed by atoms with Crippen LogP contribution in [0.3, 0.4) is 0 Å². The van der Waals surface area contributed by atoms with Gasteiger partial charge in [-0.3, -0.25) is 14.6 Å². The standard InChI is InChI=1S/C27H38N6O3S.C2H6.2H2/c1-2-33-24(18-21(19-28)26-31-12-16-36-26)37-23(27(33)35)9-11-29-22-8-5-7-20(17-22)25(34)30-10-6-15-32-13-3-4-14-32;1-2;;/h5,7-8,17,21,23-24,29H,2-4,6,9-16,18H2,1H3,(H,30,34);1-2H3;2*1H. The van der Waals surface area contributed by atoms with Crippen molar-refractivity contribution in [1.82, 2.24) is 15.1 Å². The summed E-state index contributed by atoms with van der Waals surface area (Å²) in [6.45, 7) is 12.4. The van der Waals surface area contributed by atoms with Crippen LogP contribution in [0.2, 0.25) is 0 Å². The highest BCUT2D eigenvalue weighted by Crippen LogP contribution is 2.37. The lowest BCUT2D eigenvalue weighted by Crippen LogP contribution is -2.36. The third-order valence-corrected chi connectivity index (χ3v) is 8.59. The van der Waals surface area contributed by atoms with Crippen molar-refractivity contribution in [2.45, 2.75) is 63.5 Å². The predicted octanol–water partition coefficient (Wildman–Crippen LogP) is 4.47. The maximum Gasteiger partial charge on any atom is 0.251 e. The van der Waals surface area contributed by atoms with E-state index in [1.165, 1.54) is 25.9 Å². The van der Waals surface area contributed by atoms with E-state index in [-0.39, 0.29) is 25.3 Å². The molecule has 1 aromatic rings. The summed E-state index contributed by atoms with van der Waals surface area (Å²) >= 11 is 1.62. The second-order valence-electron chi connectivity index (χ2n) is 9.64. The van der Waals surface area contributed by atoms with Gasteiger partial charge in [-0.05, 0) is 70.4 Å². The first kappa shape index (κ1) is 30.8. The molecule has 0 bridgehead atoms. The molecule has 0 saturated carbocycles. The Morgan fingerprint density at radius 1 is 1.31 bits per heavy atom. The Balaban J connectivity index is 0.00000206. The Labute approximate surface area is 240 Å². The minimum absolute atomic E-state index is 0. The molecule has 9 nitrogen and oxygen atoms in total. The molecule has 3 unspecified atom stereocenters. The van der Waals surface area contributed by atoms with Crippen LogP contribution in [0.15, 0.2) is 29.3 Å². The van der Waals surface area contributed by atoms with Crippen LogP contribution in [-0.4, -0.2) is 90.6 Å². The zero-order chi connectivity index (χ0) is 28.0. The molecule has 3 aliphatic rings. The highest BCUT2D eigenvalue weighted by atomic mass is 32.2. The Kier molecular flexibility index (Phi) is 12.9. The molecule has 3 aliphatic heterocycles. The number of nitrogens with zero attached hydrogens (tertiary/aromatic N) is 4. The largest absolute Gasteiger partial charge is 0.478 e. The predicted molar refractivity (Wildman–Crippen MR) is 162 cm³/mol. The summed E-state index contributed by atoms with van der Waals surface area (Å²) in [5.41, 5.74) is 1.50. The fourth-order valence-electron chi connectivity index (χ4n) is 5.09. The molecule has 3 atom stereocenters. The van der Waals surface area contributed by atoms with Gasteiger partial charge in [0.1, 0.15) is 12.5 Å². The van der Waals surface area contributed by atoms with E-state index in [1.807, 2.05) is 49.9 Å². The first-order valence-corrected chi connectivity index (χ1v) is 15.4. The van der Waals surface area contributed by atoms with E-state index in [0.717, 1.165) is 18.7 Å². The van der Waals surface area contributed by atoms with Crippen LogP contribution < -0.4 is 10.6 Å². The van der Waals surface area contributed by atoms with Gasteiger partial charge in [-0.2, -0.15) is 5.26 Å². The third kappa shape index (κ3) is 8.87. The normalized spacial score (nSPS) is 21.4. The molecule has 0 spiro atoms. The minimum atomic E-state index is -0.423. The van der Waals surface area contributed by atoms with E-state index in [2.05, 4.69) is 26.6 Å². The van der Waals surface area contributed by atoms with Gasteiger partial charge in [-0.15, -0.1) is 11.8 Å². The molecule has 3 heterocycles. The van der Waals surface area contributed by atoms with E-state index in [0.29, 0.717) is 57.1 Å². The number of thioether (sulfide) groups is 1. The Hall–Kier alpha value is -2.77. The van der Waals surface area contributed by atoms with Crippen molar-refractivity contribution in [1.29, 1.82) is 5.26 Å². The van der Waals surface area contributed by atoms with E-state index < -0.39 is 5.92 Å². The quantitative estimate of drug-likeness (QED) is 0.343. The number of nitriles is 1. The van der Waals surface area contributed by atoms with E-state index >= 15 is 0 Å². The van der Waals surface area contributed by atoms with E-state index in [4.69, 9.17) is 4.74 Å². The molecule has 2 saturated heterocycles. The molecule has 0 aliphatic carbocycles. The molecule has 2 N–H and O–H groups in total. The molecule has 218 valence electrons. The van der Waals surface area contributed by atoms with Gasteiger partial charge in [0.2, 0.25) is 11.8 Å². The topological polar surface area (TPSA) is 110 Å². The van der Waals surface area contributed by atoms with Crippen molar-refractivity contribution < 1.29 is 17.2 Å². The fourth-order valence-corrected chi connectivity index (χ4v) is 6.67. The summed E-state index contributed by atoms with van der Waals surface area (Å²) in [4.78, 5) is 34.2. The maximum absolute atomic E-state index is 13.0. The number of ether oxygens (including phenoxy) is 1. The van der Waals surface area contributed by atoms with E-state index in [1.54, 1.807) is 11.8 Å². The van der Waals surface area contributed by atoms with Crippen LogP contribution in [-0.2, 0) is 9.53 Å². The number of anilines is 1. The number of rotatable bonds is 13. The molecular formula is C29H48N6O3S. The zero-order valence-corrected chi connectivity index (χ0v) is 24.5. The first-order valence-electron chi connectivity index (χ1n) is 14.5. The smallest absolute Gasteiger partial charge is 0.251 e.